The lowest BCUT2D eigenvalue weighted by atomic mass is 10.1. The van der Waals surface area contributed by atoms with E-state index in [4.69, 9.17) is 0 Å². The van der Waals surface area contributed by atoms with Crippen LogP contribution in [0, 0.1) is 27.7 Å². The third-order valence-electron chi connectivity index (χ3n) is 4.41. The number of azo groups is 1. The highest BCUT2D eigenvalue weighted by Crippen LogP contribution is 2.26. The first-order valence-electron chi connectivity index (χ1n) is 7.96. The Morgan fingerprint density at radius 1 is 0.870 bits per heavy atom. The van der Waals surface area contributed by atoms with Gasteiger partial charge in [0, 0.05) is 6.54 Å². The monoisotopic (exact) mass is 306 g/mol. The Labute approximate surface area is 136 Å². The van der Waals surface area contributed by atoms with Gasteiger partial charge in [0.15, 0.2) is 0 Å². The van der Waals surface area contributed by atoms with E-state index in [-0.39, 0.29) is 0 Å². The highest BCUT2D eigenvalue weighted by molar-refractivity contribution is 5.80. The van der Waals surface area contributed by atoms with Crippen LogP contribution >= 0.6 is 0 Å². The largest absolute Gasteiger partial charge is 0.307 e. The summed E-state index contributed by atoms with van der Waals surface area (Å²) in [5.41, 5.74) is 7.94. The molecule has 0 aliphatic carbocycles. The number of imidazole rings is 1. The molecule has 0 atom stereocenters. The molecule has 0 unspecified atom stereocenters. The predicted molar refractivity (Wildman–Crippen MR) is 95.0 cm³/mol. The molecule has 3 aromatic rings. The molecule has 3 rings (SSSR count). The van der Waals surface area contributed by atoms with Crippen LogP contribution in [-0.2, 0) is 6.54 Å². The maximum atomic E-state index is 4.64. The molecule has 0 bridgehead atoms. The number of aromatic nitrogens is 2. The van der Waals surface area contributed by atoms with E-state index in [1.54, 1.807) is 0 Å². The Kier molecular flexibility index (Phi) is 3.99. The molecule has 0 spiro atoms. The van der Waals surface area contributed by atoms with Crippen molar-refractivity contribution in [3.05, 3.63) is 52.6 Å². The Bertz CT molecular complexity index is 903. The van der Waals surface area contributed by atoms with Crippen LogP contribution in [-0.4, -0.2) is 9.55 Å². The normalized spacial score (nSPS) is 11.7. The van der Waals surface area contributed by atoms with Crippen molar-refractivity contribution in [2.75, 3.05) is 0 Å². The van der Waals surface area contributed by atoms with Crippen LogP contribution in [0.15, 0.2) is 40.6 Å². The Hall–Kier alpha value is -2.49. The van der Waals surface area contributed by atoms with E-state index in [1.165, 1.54) is 22.3 Å². The van der Waals surface area contributed by atoms with Crippen LogP contribution in [0.1, 0.15) is 29.2 Å². The number of aryl methyl sites for hydroxylation is 5. The molecule has 118 valence electrons. The van der Waals surface area contributed by atoms with Gasteiger partial charge in [-0.15, -0.1) is 10.2 Å². The van der Waals surface area contributed by atoms with Crippen molar-refractivity contribution in [3.8, 4) is 0 Å². The van der Waals surface area contributed by atoms with Gasteiger partial charge in [0.05, 0.1) is 16.7 Å². The van der Waals surface area contributed by atoms with E-state index in [0.717, 1.165) is 23.3 Å². The summed E-state index contributed by atoms with van der Waals surface area (Å²) < 4.78 is 2.10. The lowest BCUT2D eigenvalue weighted by Crippen LogP contribution is -1.93. The van der Waals surface area contributed by atoms with Gasteiger partial charge in [-0.3, -0.25) is 0 Å². The molecule has 4 nitrogen and oxygen atoms in total. The van der Waals surface area contributed by atoms with E-state index in [9.17, 15) is 0 Å². The predicted octanol–water partition coefficient (Wildman–Crippen LogP) is 5.71. The lowest BCUT2D eigenvalue weighted by molar-refractivity contribution is 0.781. The van der Waals surface area contributed by atoms with Gasteiger partial charge in [-0.1, -0.05) is 6.07 Å². The van der Waals surface area contributed by atoms with Gasteiger partial charge in [-0.25, -0.2) is 4.98 Å². The van der Waals surface area contributed by atoms with Crippen LogP contribution in [0.3, 0.4) is 0 Å². The number of rotatable bonds is 3. The van der Waals surface area contributed by atoms with Crippen LogP contribution in [0.4, 0.5) is 11.6 Å². The third kappa shape index (κ3) is 2.89. The maximum Gasteiger partial charge on any atom is 0.250 e. The van der Waals surface area contributed by atoms with Gasteiger partial charge in [0.2, 0.25) is 5.95 Å². The number of fused-ring (bicyclic) bond motifs is 1. The van der Waals surface area contributed by atoms with Gasteiger partial charge in [-0.2, -0.15) is 0 Å². The first-order valence-corrected chi connectivity index (χ1v) is 7.96. The highest BCUT2D eigenvalue weighted by atomic mass is 15.3. The van der Waals surface area contributed by atoms with Gasteiger partial charge < -0.3 is 4.57 Å². The van der Waals surface area contributed by atoms with Crippen LogP contribution in [0.5, 0.6) is 0 Å². The smallest absolute Gasteiger partial charge is 0.250 e. The fourth-order valence-corrected chi connectivity index (χ4v) is 2.65. The van der Waals surface area contributed by atoms with Crippen molar-refractivity contribution in [3.63, 3.8) is 0 Å². The second kappa shape index (κ2) is 5.95. The minimum absolute atomic E-state index is 0.658. The summed E-state index contributed by atoms with van der Waals surface area (Å²) >= 11 is 0. The molecule has 0 saturated heterocycles. The number of nitrogens with zero attached hydrogens (tertiary/aromatic N) is 4. The summed E-state index contributed by atoms with van der Waals surface area (Å²) in [6.07, 6.45) is 0. The molecule has 0 aliphatic heterocycles. The summed E-state index contributed by atoms with van der Waals surface area (Å²) in [6.45, 7) is 11.3. The second-order valence-electron chi connectivity index (χ2n) is 6.05. The van der Waals surface area contributed by atoms with Gasteiger partial charge in [-0.05, 0) is 81.1 Å². The van der Waals surface area contributed by atoms with Gasteiger partial charge in [0.1, 0.15) is 0 Å². The van der Waals surface area contributed by atoms with E-state index < -0.39 is 0 Å². The van der Waals surface area contributed by atoms with E-state index in [2.05, 4.69) is 72.6 Å². The first kappa shape index (κ1) is 15.4. The van der Waals surface area contributed by atoms with Crippen molar-refractivity contribution >= 4 is 22.7 Å². The molecule has 1 heterocycles. The van der Waals surface area contributed by atoms with Crippen LogP contribution < -0.4 is 0 Å². The lowest BCUT2D eigenvalue weighted by Gasteiger charge is -2.04. The van der Waals surface area contributed by atoms with Gasteiger partial charge in [0.25, 0.3) is 0 Å². The molecule has 2 aromatic carbocycles. The van der Waals surface area contributed by atoms with Crippen molar-refractivity contribution in [2.24, 2.45) is 10.2 Å². The molecule has 1 aromatic heterocycles. The van der Waals surface area contributed by atoms with E-state index >= 15 is 0 Å². The van der Waals surface area contributed by atoms with Crippen molar-refractivity contribution in [1.29, 1.82) is 0 Å². The molecule has 0 fully saturated rings. The quantitative estimate of drug-likeness (QED) is 0.572. The number of benzene rings is 2. The van der Waals surface area contributed by atoms with Crippen molar-refractivity contribution in [2.45, 2.75) is 41.2 Å². The summed E-state index contributed by atoms with van der Waals surface area (Å²) in [4.78, 5) is 4.64. The summed E-state index contributed by atoms with van der Waals surface area (Å²) in [5, 5.41) is 8.76. The first-order chi connectivity index (χ1) is 11.0. The SMILES string of the molecule is CCn1c(N=Nc2ccc(C)c(C)c2)nc2cc(C)c(C)cc21. The number of hydrogen-bond donors (Lipinski definition) is 0. The molecular weight excluding hydrogens is 284 g/mol. The molecule has 0 N–H and O–H groups in total. The Morgan fingerprint density at radius 2 is 1.57 bits per heavy atom. The van der Waals surface area contributed by atoms with E-state index in [1.807, 2.05) is 12.1 Å². The zero-order chi connectivity index (χ0) is 16.6. The second-order valence-corrected chi connectivity index (χ2v) is 6.05. The summed E-state index contributed by atoms with van der Waals surface area (Å²) in [6, 6.07) is 10.4. The number of hydrogen-bond acceptors (Lipinski definition) is 3. The Balaban J connectivity index is 2.05. The molecule has 23 heavy (non-hydrogen) atoms. The zero-order valence-electron chi connectivity index (χ0n) is 14.4. The third-order valence-corrected chi connectivity index (χ3v) is 4.41. The van der Waals surface area contributed by atoms with Crippen molar-refractivity contribution in [1.82, 2.24) is 9.55 Å². The molecule has 0 amide bonds. The summed E-state index contributed by atoms with van der Waals surface area (Å²) in [5.74, 6) is 0.658. The van der Waals surface area contributed by atoms with Crippen LogP contribution in [0.2, 0.25) is 0 Å². The van der Waals surface area contributed by atoms with Crippen LogP contribution in [0.25, 0.3) is 11.0 Å². The average molecular weight is 306 g/mol. The van der Waals surface area contributed by atoms with E-state index in [0.29, 0.717) is 5.95 Å². The maximum absolute atomic E-state index is 4.64. The average Bonchev–Trinajstić information content (AvgIpc) is 2.85. The molecular formula is C19H22N4. The highest BCUT2D eigenvalue weighted by Gasteiger charge is 2.10. The molecule has 0 aliphatic rings. The minimum atomic E-state index is 0.658. The minimum Gasteiger partial charge on any atom is -0.307 e. The fraction of sp³-hybridized carbons (Fsp3) is 0.316. The topological polar surface area (TPSA) is 42.5 Å². The molecule has 4 heteroatoms. The van der Waals surface area contributed by atoms with Crippen molar-refractivity contribution < 1.29 is 0 Å². The fourth-order valence-electron chi connectivity index (χ4n) is 2.65. The summed E-state index contributed by atoms with van der Waals surface area (Å²) in [7, 11) is 0. The molecule has 0 saturated carbocycles. The Morgan fingerprint density at radius 3 is 2.26 bits per heavy atom. The molecule has 0 radical (unpaired) electrons. The standard InChI is InChI=1S/C19H22N4/c1-6-23-18-11-15(5)14(4)10-17(18)20-19(23)22-21-16-8-7-12(2)13(3)9-16/h7-11H,6H2,1-5H3. The zero-order valence-corrected chi connectivity index (χ0v) is 14.4. The van der Waals surface area contributed by atoms with Gasteiger partial charge >= 0.3 is 0 Å².